The maximum absolute atomic E-state index is 13.4. The lowest BCUT2D eigenvalue weighted by Gasteiger charge is -2.09. The molecule has 0 fully saturated rings. The summed E-state index contributed by atoms with van der Waals surface area (Å²) < 4.78 is 23.3. The summed E-state index contributed by atoms with van der Waals surface area (Å²) in [5.74, 6) is -1.29. The van der Waals surface area contributed by atoms with Gasteiger partial charge in [-0.1, -0.05) is 0 Å². The van der Waals surface area contributed by atoms with Crippen molar-refractivity contribution in [1.29, 1.82) is 0 Å². The largest absolute Gasteiger partial charge is 0.504 e. The fraction of sp³-hybridized carbons (Fsp3) is 0.417. The Balaban J connectivity index is 2.91. The van der Waals surface area contributed by atoms with E-state index in [1.807, 2.05) is 0 Å². The zero-order chi connectivity index (χ0) is 12.8. The number of phenols is 1. The summed E-state index contributed by atoms with van der Waals surface area (Å²) in [4.78, 5) is 11.2. The van der Waals surface area contributed by atoms with Crippen LogP contribution < -0.4 is 4.74 Å². The van der Waals surface area contributed by atoms with E-state index in [9.17, 15) is 14.3 Å². The van der Waals surface area contributed by atoms with Crippen molar-refractivity contribution in [1.82, 2.24) is 0 Å². The zero-order valence-corrected chi connectivity index (χ0v) is 9.83. The van der Waals surface area contributed by atoms with Crippen molar-refractivity contribution in [3.8, 4) is 11.5 Å². The standard InChI is InChI=1S/C12H15FO4/c1-3-16-11-5-8(6-12(15)17-4-2)9(13)7-10(11)14/h5,7,14H,3-4,6H2,1-2H3. The highest BCUT2D eigenvalue weighted by atomic mass is 19.1. The number of benzene rings is 1. The summed E-state index contributed by atoms with van der Waals surface area (Å²) in [5.41, 5.74) is 0.143. The van der Waals surface area contributed by atoms with E-state index in [1.165, 1.54) is 6.07 Å². The van der Waals surface area contributed by atoms with Crippen LogP contribution in [0.3, 0.4) is 0 Å². The van der Waals surface area contributed by atoms with Crippen molar-refractivity contribution in [2.75, 3.05) is 13.2 Å². The van der Waals surface area contributed by atoms with Gasteiger partial charge in [-0.05, 0) is 19.9 Å². The number of carbonyl (C=O) groups is 1. The maximum atomic E-state index is 13.4. The van der Waals surface area contributed by atoms with E-state index in [1.54, 1.807) is 13.8 Å². The van der Waals surface area contributed by atoms with Crippen LogP contribution in [0.2, 0.25) is 0 Å². The quantitative estimate of drug-likeness (QED) is 0.803. The van der Waals surface area contributed by atoms with Crippen LogP contribution in [0, 0.1) is 5.82 Å². The van der Waals surface area contributed by atoms with Gasteiger partial charge in [-0.3, -0.25) is 4.79 Å². The van der Waals surface area contributed by atoms with Gasteiger partial charge in [0.2, 0.25) is 0 Å². The molecule has 1 aromatic rings. The van der Waals surface area contributed by atoms with Gasteiger partial charge in [0.15, 0.2) is 11.5 Å². The molecule has 4 nitrogen and oxygen atoms in total. The first-order chi connectivity index (χ1) is 8.08. The van der Waals surface area contributed by atoms with Crippen LogP contribution in [0.5, 0.6) is 11.5 Å². The van der Waals surface area contributed by atoms with Gasteiger partial charge in [-0.25, -0.2) is 4.39 Å². The molecule has 0 unspecified atom stereocenters. The van der Waals surface area contributed by atoms with Crippen molar-refractivity contribution in [2.45, 2.75) is 20.3 Å². The van der Waals surface area contributed by atoms with Crippen LogP contribution in [0.15, 0.2) is 12.1 Å². The zero-order valence-electron chi connectivity index (χ0n) is 9.83. The number of rotatable bonds is 5. The third kappa shape index (κ3) is 3.62. The molecule has 0 aliphatic heterocycles. The number of hydrogen-bond donors (Lipinski definition) is 1. The minimum absolute atomic E-state index is 0.143. The smallest absolute Gasteiger partial charge is 0.310 e. The second kappa shape index (κ2) is 6.08. The van der Waals surface area contributed by atoms with Crippen LogP contribution in [0.1, 0.15) is 19.4 Å². The van der Waals surface area contributed by atoms with Crippen LogP contribution in [-0.4, -0.2) is 24.3 Å². The van der Waals surface area contributed by atoms with Crippen molar-refractivity contribution >= 4 is 5.97 Å². The summed E-state index contributed by atoms with van der Waals surface area (Å²) in [6.07, 6.45) is -0.181. The lowest BCUT2D eigenvalue weighted by molar-refractivity contribution is -0.142. The molecular formula is C12H15FO4. The molecule has 0 radical (unpaired) electrons. The second-order valence-electron chi connectivity index (χ2n) is 3.33. The van der Waals surface area contributed by atoms with Crippen molar-refractivity contribution in [3.63, 3.8) is 0 Å². The lowest BCUT2D eigenvalue weighted by atomic mass is 10.1. The summed E-state index contributed by atoms with van der Waals surface area (Å²) in [6, 6.07) is 2.24. The first kappa shape index (κ1) is 13.3. The van der Waals surface area contributed by atoms with E-state index in [4.69, 9.17) is 9.47 Å². The Labute approximate surface area is 99.0 Å². The monoisotopic (exact) mass is 242 g/mol. The van der Waals surface area contributed by atoms with Crippen LogP contribution in [0.4, 0.5) is 4.39 Å². The van der Waals surface area contributed by atoms with E-state index >= 15 is 0 Å². The van der Waals surface area contributed by atoms with Gasteiger partial charge in [0.1, 0.15) is 5.82 Å². The lowest BCUT2D eigenvalue weighted by Crippen LogP contribution is -2.09. The van der Waals surface area contributed by atoms with E-state index < -0.39 is 11.8 Å². The van der Waals surface area contributed by atoms with Gasteiger partial charge >= 0.3 is 5.97 Å². The van der Waals surface area contributed by atoms with Crippen molar-refractivity contribution < 1.29 is 23.8 Å². The minimum Gasteiger partial charge on any atom is -0.504 e. The van der Waals surface area contributed by atoms with E-state index in [-0.39, 0.29) is 30.1 Å². The Morgan fingerprint density at radius 3 is 2.65 bits per heavy atom. The number of hydrogen-bond acceptors (Lipinski definition) is 4. The number of ether oxygens (including phenoxy) is 2. The molecule has 94 valence electrons. The SMILES string of the molecule is CCOC(=O)Cc1cc(OCC)c(O)cc1F. The van der Waals surface area contributed by atoms with Gasteiger partial charge in [-0.15, -0.1) is 0 Å². The molecule has 0 saturated carbocycles. The van der Waals surface area contributed by atoms with Crippen LogP contribution in [0.25, 0.3) is 0 Å². The molecule has 0 bridgehead atoms. The van der Waals surface area contributed by atoms with Gasteiger partial charge in [0.25, 0.3) is 0 Å². The number of halogens is 1. The van der Waals surface area contributed by atoms with Gasteiger partial charge in [-0.2, -0.15) is 0 Å². The summed E-state index contributed by atoms with van der Waals surface area (Å²) >= 11 is 0. The molecule has 0 spiro atoms. The fourth-order valence-electron chi connectivity index (χ4n) is 1.36. The molecule has 0 heterocycles. The molecule has 0 atom stereocenters. The normalized spacial score (nSPS) is 10.1. The molecule has 0 saturated heterocycles. The first-order valence-electron chi connectivity index (χ1n) is 5.38. The summed E-state index contributed by atoms with van der Waals surface area (Å²) in [6.45, 7) is 4.01. The third-order valence-corrected chi connectivity index (χ3v) is 2.07. The second-order valence-corrected chi connectivity index (χ2v) is 3.33. The molecule has 17 heavy (non-hydrogen) atoms. The summed E-state index contributed by atoms with van der Waals surface area (Å²) in [5, 5.41) is 9.40. The summed E-state index contributed by atoms with van der Waals surface area (Å²) in [7, 11) is 0. The minimum atomic E-state index is -0.654. The van der Waals surface area contributed by atoms with E-state index in [2.05, 4.69) is 0 Å². The Morgan fingerprint density at radius 2 is 2.06 bits per heavy atom. The Bertz CT molecular complexity index is 404. The Morgan fingerprint density at radius 1 is 1.35 bits per heavy atom. The van der Waals surface area contributed by atoms with Crippen LogP contribution >= 0.6 is 0 Å². The first-order valence-corrected chi connectivity index (χ1v) is 5.38. The molecule has 0 aromatic heterocycles. The van der Waals surface area contributed by atoms with Gasteiger partial charge in [0, 0.05) is 11.6 Å². The molecule has 1 N–H and O–H groups in total. The molecule has 5 heteroatoms. The van der Waals surface area contributed by atoms with E-state index in [0.717, 1.165) is 6.07 Å². The number of carbonyl (C=O) groups excluding carboxylic acids is 1. The van der Waals surface area contributed by atoms with Crippen molar-refractivity contribution in [2.24, 2.45) is 0 Å². The Kier molecular flexibility index (Phi) is 4.75. The number of esters is 1. The highest BCUT2D eigenvalue weighted by Gasteiger charge is 2.13. The molecule has 0 amide bonds. The predicted molar refractivity (Wildman–Crippen MR) is 59.6 cm³/mol. The molecule has 0 aliphatic carbocycles. The highest BCUT2D eigenvalue weighted by Crippen LogP contribution is 2.29. The highest BCUT2D eigenvalue weighted by molar-refractivity contribution is 5.73. The average molecular weight is 242 g/mol. The molecule has 1 rings (SSSR count). The van der Waals surface area contributed by atoms with Crippen LogP contribution in [-0.2, 0) is 16.0 Å². The van der Waals surface area contributed by atoms with E-state index in [0.29, 0.717) is 6.61 Å². The molecule has 1 aromatic carbocycles. The topological polar surface area (TPSA) is 55.8 Å². The van der Waals surface area contributed by atoms with Gasteiger partial charge in [0.05, 0.1) is 19.6 Å². The third-order valence-electron chi connectivity index (χ3n) is 2.07. The number of aromatic hydroxyl groups is 1. The predicted octanol–water partition coefficient (Wildman–Crippen LogP) is 2.04. The maximum Gasteiger partial charge on any atom is 0.310 e. The fourth-order valence-corrected chi connectivity index (χ4v) is 1.36. The van der Waals surface area contributed by atoms with Gasteiger partial charge < -0.3 is 14.6 Å². The molecular weight excluding hydrogens is 227 g/mol. The van der Waals surface area contributed by atoms with Crippen molar-refractivity contribution in [3.05, 3.63) is 23.5 Å². The average Bonchev–Trinajstić information content (AvgIpc) is 2.25. The Hall–Kier alpha value is -1.78. The molecule has 0 aliphatic rings. The number of phenolic OH excluding ortho intramolecular Hbond substituents is 1.